The number of aromatic nitrogens is 4. The van der Waals surface area contributed by atoms with Crippen molar-refractivity contribution in [2.75, 3.05) is 18.4 Å². The van der Waals surface area contributed by atoms with E-state index in [2.05, 4.69) is 15.3 Å². The average molecular weight is 523 g/mol. The lowest BCUT2D eigenvalue weighted by molar-refractivity contribution is 0.111. The summed E-state index contributed by atoms with van der Waals surface area (Å²) in [4.78, 5) is 39.5. The molecule has 190 valence electrons. The van der Waals surface area contributed by atoms with E-state index in [4.69, 9.17) is 21.7 Å². The number of fused-ring (bicyclic) bond motifs is 1. The van der Waals surface area contributed by atoms with Gasteiger partial charge in [0.2, 0.25) is 0 Å². The Labute approximate surface area is 216 Å². The summed E-state index contributed by atoms with van der Waals surface area (Å²) in [6.45, 7) is 6.31. The molecule has 1 aromatic carbocycles. The Morgan fingerprint density at radius 2 is 1.95 bits per heavy atom. The largest absolute Gasteiger partial charge is 0.465 e. The molecule has 0 unspecified atom stereocenters. The van der Waals surface area contributed by atoms with Gasteiger partial charge >= 0.3 is 11.8 Å². The molecule has 0 aliphatic carbocycles. The van der Waals surface area contributed by atoms with Crippen molar-refractivity contribution in [2.24, 2.45) is 0 Å². The predicted octanol–water partition coefficient (Wildman–Crippen LogP) is 4.84. The number of benzene rings is 1. The van der Waals surface area contributed by atoms with Gasteiger partial charge in [0.15, 0.2) is 5.65 Å². The van der Waals surface area contributed by atoms with Crippen molar-refractivity contribution in [3.05, 3.63) is 75.2 Å². The molecule has 0 bridgehead atoms. The van der Waals surface area contributed by atoms with Crippen LogP contribution in [0.5, 0.6) is 0 Å². The fourth-order valence-corrected chi connectivity index (χ4v) is 4.73. The summed E-state index contributed by atoms with van der Waals surface area (Å²) >= 11 is 6.61. The van der Waals surface area contributed by atoms with Crippen molar-refractivity contribution >= 4 is 34.5 Å². The SMILES string of the molecule is Cc1ccnc(C(C)C)c1-n1c(=O)nc(NC2CN(C(=O)O)C2)c2cc(Cl)c(-c3ccccc3F)nc21. The summed E-state index contributed by atoms with van der Waals surface area (Å²) in [5, 5.41) is 12.9. The highest BCUT2D eigenvalue weighted by atomic mass is 35.5. The minimum Gasteiger partial charge on any atom is -0.465 e. The molecule has 1 aliphatic rings. The third-order valence-electron chi connectivity index (χ3n) is 6.37. The van der Waals surface area contributed by atoms with Gasteiger partial charge in [-0.15, -0.1) is 0 Å². The molecule has 4 aromatic rings. The van der Waals surface area contributed by atoms with Crippen LogP contribution in [0.4, 0.5) is 15.0 Å². The van der Waals surface area contributed by atoms with Crippen molar-refractivity contribution in [3.63, 3.8) is 0 Å². The fraction of sp³-hybridized carbons (Fsp3) is 0.269. The van der Waals surface area contributed by atoms with E-state index in [1.165, 1.54) is 15.5 Å². The number of likely N-dealkylation sites (tertiary alicyclic amines) is 1. The first kappa shape index (κ1) is 24.6. The van der Waals surface area contributed by atoms with E-state index >= 15 is 0 Å². The van der Waals surface area contributed by atoms with Crippen molar-refractivity contribution in [1.29, 1.82) is 0 Å². The van der Waals surface area contributed by atoms with Crippen molar-refractivity contribution in [1.82, 2.24) is 24.4 Å². The van der Waals surface area contributed by atoms with Gasteiger partial charge in [-0.2, -0.15) is 4.98 Å². The number of rotatable bonds is 5. The Morgan fingerprint density at radius 3 is 2.62 bits per heavy atom. The number of carboxylic acid groups (broad SMARTS) is 1. The van der Waals surface area contributed by atoms with E-state index in [0.29, 0.717) is 16.8 Å². The first-order valence-electron chi connectivity index (χ1n) is 11.7. The summed E-state index contributed by atoms with van der Waals surface area (Å²) in [6, 6.07) is 9.31. The van der Waals surface area contributed by atoms with Gasteiger partial charge in [0.1, 0.15) is 11.6 Å². The lowest BCUT2D eigenvalue weighted by Gasteiger charge is -2.37. The minimum atomic E-state index is -1.02. The number of pyridine rings is 2. The zero-order chi connectivity index (χ0) is 26.4. The lowest BCUT2D eigenvalue weighted by atomic mass is 10.0. The number of carbonyl (C=O) groups is 1. The topological polar surface area (TPSA) is 113 Å². The minimum absolute atomic E-state index is 0.00929. The standard InChI is InChI=1S/C26H24ClFN6O3/c1-13(2)20-22(14(3)8-9-29-20)34-24-17(10-18(27)21(31-24)16-6-4-5-7-19(16)28)23(32-25(34)35)30-15-11-33(12-15)26(36)37/h4-10,13,15H,11-12H2,1-3H3,(H,36,37)(H,30,32,35). The van der Waals surface area contributed by atoms with E-state index < -0.39 is 17.6 Å². The first-order valence-corrected chi connectivity index (χ1v) is 12.1. The van der Waals surface area contributed by atoms with Crippen molar-refractivity contribution in [2.45, 2.75) is 32.7 Å². The number of amides is 1. The van der Waals surface area contributed by atoms with E-state index in [1.54, 1.807) is 36.5 Å². The summed E-state index contributed by atoms with van der Waals surface area (Å²) in [6.07, 6.45) is 0.670. The lowest BCUT2D eigenvalue weighted by Crippen LogP contribution is -2.56. The van der Waals surface area contributed by atoms with Crippen LogP contribution in [0.3, 0.4) is 0 Å². The summed E-state index contributed by atoms with van der Waals surface area (Å²) in [7, 11) is 0. The number of anilines is 1. The molecule has 0 atom stereocenters. The number of nitrogens with one attached hydrogen (secondary N) is 1. The normalized spacial score (nSPS) is 13.7. The fourth-order valence-electron chi connectivity index (χ4n) is 4.48. The highest BCUT2D eigenvalue weighted by Crippen LogP contribution is 2.34. The molecule has 1 aliphatic heterocycles. The molecule has 11 heteroatoms. The zero-order valence-electron chi connectivity index (χ0n) is 20.4. The third-order valence-corrected chi connectivity index (χ3v) is 6.66. The van der Waals surface area contributed by atoms with Crippen LogP contribution in [0.1, 0.15) is 31.0 Å². The Hall–Kier alpha value is -4.05. The van der Waals surface area contributed by atoms with Gasteiger partial charge in [-0.25, -0.2) is 23.5 Å². The van der Waals surface area contributed by atoms with Crippen LogP contribution in [0.15, 0.2) is 47.4 Å². The van der Waals surface area contributed by atoms with E-state index in [-0.39, 0.29) is 52.8 Å². The number of halogens is 2. The molecule has 1 amide bonds. The van der Waals surface area contributed by atoms with Crippen molar-refractivity contribution < 1.29 is 14.3 Å². The maximum atomic E-state index is 14.7. The second-order valence-electron chi connectivity index (χ2n) is 9.29. The van der Waals surface area contributed by atoms with Crippen LogP contribution in [-0.2, 0) is 0 Å². The van der Waals surface area contributed by atoms with Crippen LogP contribution < -0.4 is 11.0 Å². The molecule has 3 aromatic heterocycles. The molecule has 37 heavy (non-hydrogen) atoms. The Bertz CT molecular complexity index is 1600. The van der Waals surface area contributed by atoms with Crippen LogP contribution in [0.25, 0.3) is 28.0 Å². The summed E-state index contributed by atoms with van der Waals surface area (Å²) in [5.74, 6) is -0.278. The Kier molecular flexibility index (Phi) is 6.28. The van der Waals surface area contributed by atoms with E-state index in [9.17, 15) is 14.0 Å². The third kappa shape index (κ3) is 4.37. The van der Waals surface area contributed by atoms with Crippen LogP contribution in [-0.4, -0.2) is 54.8 Å². The maximum absolute atomic E-state index is 14.7. The molecule has 2 N–H and O–H groups in total. The highest BCUT2D eigenvalue weighted by Gasteiger charge is 2.32. The molecule has 4 heterocycles. The molecule has 9 nitrogen and oxygen atoms in total. The molecular weight excluding hydrogens is 499 g/mol. The van der Waals surface area contributed by atoms with Crippen LogP contribution in [0.2, 0.25) is 5.02 Å². The maximum Gasteiger partial charge on any atom is 0.407 e. The van der Waals surface area contributed by atoms with Crippen molar-refractivity contribution in [3.8, 4) is 16.9 Å². The molecule has 1 saturated heterocycles. The first-order chi connectivity index (χ1) is 17.7. The number of hydrogen-bond acceptors (Lipinski definition) is 6. The summed E-state index contributed by atoms with van der Waals surface area (Å²) in [5.41, 5.74) is 2.06. The smallest absolute Gasteiger partial charge is 0.407 e. The number of hydrogen-bond donors (Lipinski definition) is 2. The Morgan fingerprint density at radius 1 is 1.22 bits per heavy atom. The summed E-state index contributed by atoms with van der Waals surface area (Å²) < 4.78 is 16.1. The monoisotopic (exact) mass is 522 g/mol. The van der Waals surface area contributed by atoms with Gasteiger partial charge in [-0.3, -0.25) is 4.98 Å². The van der Waals surface area contributed by atoms with E-state index in [0.717, 1.165) is 5.56 Å². The van der Waals surface area contributed by atoms with Gasteiger partial charge in [-0.1, -0.05) is 37.6 Å². The van der Waals surface area contributed by atoms with Crippen LogP contribution in [0, 0.1) is 12.7 Å². The number of nitrogens with zero attached hydrogens (tertiary/aromatic N) is 5. The van der Waals surface area contributed by atoms with Gasteiger partial charge in [0.25, 0.3) is 0 Å². The average Bonchev–Trinajstić information content (AvgIpc) is 2.81. The van der Waals surface area contributed by atoms with Gasteiger partial charge in [0.05, 0.1) is 33.5 Å². The molecular formula is C26H24ClFN6O3. The van der Waals surface area contributed by atoms with Gasteiger partial charge < -0.3 is 15.3 Å². The zero-order valence-corrected chi connectivity index (χ0v) is 21.1. The molecule has 0 saturated carbocycles. The molecule has 0 radical (unpaired) electrons. The highest BCUT2D eigenvalue weighted by molar-refractivity contribution is 6.33. The molecule has 0 spiro atoms. The second kappa shape index (κ2) is 9.44. The van der Waals surface area contributed by atoms with E-state index in [1.807, 2.05) is 20.8 Å². The molecule has 1 fully saturated rings. The predicted molar refractivity (Wildman–Crippen MR) is 139 cm³/mol. The molecule has 5 rings (SSSR count). The van der Waals surface area contributed by atoms with Gasteiger partial charge in [0, 0.05) is 24.8 Å². The second-order valence-corrected chi connectivity index (χ2v) is 9.70. The quantitative estimate of drug-likeness (QED) is 0.385. The van der Waals surface area contributed by atoms with Crippen LogP contribution >= 0.6 is 11.6 Å². The number of aryl methyl sites for hydroxylation is 1. The Balaban J connectivity index is 1.78. The van der Waals surface area contributed by atoms with Gasteiger partial charge in [-0.05, 0) is 42.7 Å².